The van der Waals surface area contributed by atoms with E-state index < -0.39 is 0 Å². The van der Waals surface area contributed by atoms with Crippen LogP contribution in [0.3, 0.4) is 0 Å². The van der Waals surface area contributed by atoms with Crippen LogP contribution in [-0.4, -0.2) is 57.8 Å². The predicted octanol–water partition coefficient (Wildman–Crippen LogP) is 3.26. The zero-order valence-corrected chi connectivity index (χ0v) is 17.0. The first kappa shape index (κ1) is 18.9. The summed E-state index contributed by atoms with van der Waals surface area (Å²) in [6.45, 7) is 1.37. The third-order valence-corrected chi connectivity index (χ3v) is 6.63. The molecule has 28 heavy (non-hydrogen) atoms. The van der Waals surface area contributed by atoms with Crippen molar-refractivity contribution in [2.75, 3.05) is 26.0 Å². The molecular weight excluding hydrogens is 396 g/mol. The lowest BCUT2D eigenvalue weighted by Gasteiger charge is -2.31. The Labute approximate surface area is 171 Å². The van der Waals surface area contributed by atoms with Crippen LogP contribution in [0.4, 0.5) is 0 Å². The van der Waals surface area contributed by atoms with Gasteiger partial charge >= 0.3 is 6.01 Å². The van der Waals surface area contributed by atoms with Crippen molar-refractivity contribution < 1.29 is 14.3 Å². The average Bonchev–Trinajstić information content (AvgIpc) is 3.16. The molecule has 0 N–H and O–H groups in total. The van der Waals surface area contributed by atoms with Gasteiger partial charge in [-0.25, -0.2) is 9.97 Å². The van der Waals surface area contributed by atoms with Crippen LogP contribution in [0, 0.1) is 0 Å². The highest BCUT2D eigenvalue weighted by molar-refractivity contribution is 8.01. The molecule has 0 unspecified atom stereocenters. The van der Waals surface area contributed by atoms with Crippen LogP contribution in [0.1, 0.15) is 12.8 Å². The number of likely N-dealkylation sites (tertiary alicyclic amines) is 1. The first-order valence-corrected chi connectivity index (χ1v) is 10.8. The summed E-state index contributed by atoms with van der Waals surface area (Å²) >= 11 is 3.14. The maximum atomic E-state index is 12.5. The van der Waals surface area contributed by atoms with E-state index in [1.54, 1.807) is 23.6 Å². The van der Waals surface area contributed by atoms with Crippen molar-refractivity contribution in [1.82, 2.24) is 19.9 Å². The minimum Gasteiger partial charge on any atom is -0.474 e. The Bertz CT molecular complexity index is 924. The zero-order chi connectivity index (χ0) is 19.3. The third kappa shape index (κ3) is 4.53. The van der Waals surface area contributed by atoms with E-state index in [2.05, 4.69) is 21.0 Å². The quantitative estimate of drug-likeness (QED) is 0.571. The summed E-state index contributed by atoms with van der Waals surface area (Å²) in [4.78, 5) is 27.2. The molecule has 1 aliphatic heterocycles. The first-order valence-electron chi connectivity index (χ1n) is 9.01. The minimum absolute atomic E-state index is 0.0422. The molecule has 1 aliphatic rings. The molecule has 4 rings (SSSR count). The van der Waals surface area contributed by atoms with Crippen molar-refractivity contribution in [3.8, 4) is 11.9 Å². The zero-order valence-electron chi connectivity index (χ0n) is 15.4. The van der Waals surface area contributed by atoms with Gasteiger partial charge in [0.2, 0.25) is 11.8 Å². The summed E-state index contributed by atoms with van der Waals surface area (Å²) in [5, 5.41) is 0. The number of carbonyl (C=O) groups is 1. The number of piperidine rings is 1. The number of ether oxygens (including phenoxy) is 2. The average molecular weight is 417 g/mol. The fourth-order valence-corrected chi connectivity index (χ4v) is 4.98. The lowest BCUT2D eigenvalue weighted by atomic mass is 10.1. The second-order valence-corrected chi connectivity index (χ2v) is 8.57. The fraction of sp³-hybridized carbons (Fsp3) is 0.368. The number of amides is 1. The number of para-hydroxylation sites is 1. The van der Waals surface area contributed by atoms with E-state index in [4.69, 9.17) is 9.47 Å². The fourth-order valence-electron chi connectivity index (χ4n) is 3.01. The highest BCUT2D eigenvalue weighted by Crippen LogP contribution is 2.29. The second-order valence-electron chi connectivity index (χ2n) is 6.32. The van der Waals surface area contributed by atoms with Gasteiger partial charge < -0.3 is 14.4 Å². The largest absolute Gasteiger partial charge is 0.474 e. The molecule has 7 nitrogen and oxygen atoms in total. The number of hydrogen-bond donors (Lipinski definition) is 0. The molecule has 1 amide bonds. The van der Waals surface area contributed by atoms with Gasteiger partial charge in [0.05, 0.1) is 23.1 Å². The predicted molar refractivity (Wildman–Crippen MR) is 109 cm³/mol. The number of thiazole rings is 1. The van der Waals surface area contributed by atoms with E-state index in [0.29, 0.717) is 24.7 Å². The normalized spacial score (nSPS) is 15.0. The van der Waals surface area contributed by atoms with E-state index in [0.717, 1.165) is 27.4 Å². The summed E-state index contributed by atoms with van der Waals surface area (Å²) in [6.07, 6.45) is 3.22. The van der Waals surface area contributed by atoms with Crippen LogP contribution >= 0.6 is 23.1 Å². The first-order chi connectivity index (χ1) is 13.7. The molecule has 146 valence electrons. The van der Waals surface area contributed by atoms with Crippen LogP contribution in [0.2, 0.25) is 0 Å². The Hall–Kier alpha value is -2.39. The number of hydrogen-bond acceptors (Lipinski definition) is 8. The Morgan fingerprint density at radius 2 is 2.07 bits per heavy atom. The van der Waals surface area contributed by atoms with Gasteiger partial charge in [-0.2, -0.15) is 4.98 Å². The molecule has 1 saturated heterocycles. The molecule has 3 heterocycles. The number of methoxy groups -OCH3 is 1. The summed E-state index contributed by atoms with van der Waals surface area (Å²) in [5.74, 6) is 1.06. The van der Waals surface area contributed by atoms with Crippen molar-refractivity contribution in [1.29, 1.82) is 0 Å². The number of rotatable bonds is 6. The molecule has 0 spiro atoms. The lowest BCUT2D eigenvalue weighted by Crippen LogP contribution is -2.42. The SMILES string of the molecule is COc1nccc(OC2CCN(C(=O)CSc3nc4ccccc4s3)CC2)n1. The summed E-state index contributed by atoms with van der Waals surface area (Å²) < 4.78 is 13.0. The summed E-state index contributed by atoms with van der Waals surface area (Å²) in [6, 6.07) is 10.0. The van der Waals surface area contributed by atoms with Gasteiger partial charge in [-0.15, -0.1) is 11.3 Å². The Morgan fingerprint density at radius 1 is 1.25 bits per heavy atom. The topological polar surface area (TPSA) is 77.4 Å². The Balaban J connectivity index is 1.25. The molecule has 0 bridgehead atoms. The van der Waals surface area contributed by atoms with E-state index in [1.165, 1.54) is 18.9 Å². The number of carbonyl (C=O) groups excluding carboxylic acids is 1. The molecule has 2 aromatic heterocycles. The highest BCUT2D eigenvalue weighted by Gasteiger charge is 2.24. The van der Waals surface area contributed by atoms with Crippen molar-refractivity contribution in [2.24, 2.45) is 0 Å². The molecule has 3 aromatic rings. The number of thioether (sulfide) groups is 1. The van der Waals surface area contributed by atoms with Crippen molar-refractivity contribution >= 4 is 39.2 Å². The number of benzene rings is 1. The molecular formula is C19H20N4O3S2. The molecule has 0 aliphatic carbocycles. The molecule has 0 atom stereocenters. The lowest BCUT2D eigenvalue weighted by molar-refractivity contribution is -0.130. The monoisotopic (exact) mass is 416 g/mol. The maximum Gasteiger partial charge on any atom is 0.319 e. The van der Waals surface area contributed by atoms with E-state index >= 15 is 0 Å². The molecule has 0 saturated carbocycles. The van der Waals surface area contributed by atoms with Crippen molar-refractivity contribution in [3.05, 3.63) is 36.5 Å². The van der Waals surface area contributed by atoms with Gasteiger partial charge in [0.1, 0.15) is 6.10 Å². The standard InChI is InChI=1S/C19H20N4O3S2/c1-25-18-20-9-6-16(22-18)26-13-7-10-23(11-8-13)17(24)12-27-19-21-14-4-2-3-5-15(14)28-19/h2-6,9,13H,7-8,10-12H2,1H3. The summed E-state index contributed by atoms with van der Waals surface area (Å²) in [5.41, 5.74) is 0.988. The second kappa shape index (κ2) is 8.74. The molecule has 1 fully saturated rings. The van der Waals surface area contributed by atoms with Gasteiger partial charge in [0.15, 0.2) is 4.34 Å². The Kier molecular flexibility index (Phi) is 5.92. The van der Waals surface area contributed by atoms with Crippen LogP contribution < -0.4 is 9.47 Å². The maximum absolute atomic E-state index is 12.5. The van der Waals surface area contributed by atoms with Gasteiger partial charge in [0, 0.05) is 38.2 Å². The highest BCUT2D eigenvalue weighted by atomic mass is 32.2. The smallest absolute Gasteiger partial charge is 0.319 e. The van der Waals surface area contributed by atoms with E-state index in [9.17, 15) is 4.79 Å². The minimum atomic E-state index is 0.0422. The number of fused-ring (bicyclic) bond motifs is 1. The third-order valence-electron chi connectivity index (χ3n) is 4.47. The Morgan fingerprint density at radius 3 is 2.86 bits per heavy atom. The van der Waals surface area contributed by atoms with Gasteiger partial charge in [-0.3, -0.25) is 4.79 Å². The van der Waals surface area contributed by atoms with Gasteiger partial charge in [-0.1, -0.05) is 23.9 Å². The molecule has 1 aromatic carbocycles. The van der Waals surface area contributed by atoms with Crippen LogP contribution in [0.5, 0.6) is 11.9 Å². The summed E-state index contributed by atoms with van der Waals surface area (Å²) in [7, 11) is 1.52. The van der Waals surface area contributed by atoms with Crippen molar-refractivity contribution in [3.63, 3.8) is 0 Å². The van der Waals surface area contributed by atoms with E-state index in [-0.39, 0.29) is 18.0 Å². The molecule has 9 heteroatoms. The van der Waals surface area contributed by atoms with E-state index in [1.807, 2.05) is 23.1 Å². The number of aromatic nitrogens is 3. The molecule has 0 radical (unpaired) electrons. The van der Waals surface area contributed by atoms with Crippen molar-refractivity contribution in [2.45, 2.75) is 23.3 Å². The van der Waals surface area contributed by atoms with Crippen LogP contribution in [-0.2, 0) is 4.79 Å². The van der Waals surface area contributed by atoms with Crippen LogP contribution in [0.15, 0.2) is 40.9 Å². The van der Waals surface area contributed by atoms with Gasteiger partial charge in [0.25, 0.3) is 0 Å². The van der Waals surface area contributed by atoms with Gasteiger partial charge in [-0.05, 0) is 12.1 Å². The van der Waals surface area contributed by atoms with Crippen LogP contribution in [0.25, 0.3) is 10.2 Å². The number of nitrogens with zero attached hydrogens (tertiary/aromatic N) is 4.